The van der Waals surface area contributed by atoms with Crippen molar-refractivity contribution >= 4 is 22.4 Å². The van der Waals surface area contributed by atoms with Crippen molar-refractivity contribution in [2.24, 2.45) is 5.92 Å². The zero-order valence-corrected chi connectivity index (χ0v) is 8.17. The minimum Gasteiger partial charge on any atom is -0.260 e. The van der Waals surface area contributed by atoms with E-state index >= 15 is 0 Å². The molecule has 62 valence electrons. The highest BCUT2D eigenvalue weighted by Gasteiger charge is 2.04. The molecule has 0 amide bonds. The second kappa shape index (κ2) is 6.17. The van der Waals surface area contributed by atoms with Crippen LogP contribution in [0.25, 0.3) is 0 Å². The van der Waals surface area contributed by atoms with Gasteiger partial charge in [0, 0.05) is 28.7 Å². The van der Waals surface area contributed by atoms with Crippen LogP contribution >= 0.6 is 11.6 Å². The minimum absolute atomic E-state index is 0.561. The lowest BCUT2D eigenvalue weighted by Gasteiger charge is -2.08. The molecule has 0 saturated heterocycles. The van der Waals surface area contributed by atoms with Crippen molar-refractivity contribution in [2.45, 2.75) is 19.8 Å². The SMILES string of the molecule is CCC(CCl)CCS(C)=O. The highest BCUT2D eigenvalue weighted by molar-refractivity contribution is 7.84. The standard InChI is InChI=1S/C7H15ClOS/c1-3-7(6-8)4-5-10(2)9/h7H,3-6H2,1-2H3. The first-order chi connectivity index (χ1) is 4.70. The van der Waals surface area contributed by atoms with Gasteiger partial charge in [0.25, 0.3) is 0 Å². The predicted molar refractivity (Wildman–Crippen MR) is 48.1 cm³/mol. The minimum atomic E-state index is -0.648. The van der Waals surface area contributed by atoms with E-state index in [2.05, 4.69) is 6.92 Å². The van der Waals surface area contributed by atoms with Gasteiger partial charge in [0.15, 0.2) is 0 Å². The quantitative estimate of drug-likeness (QED) is 0.595. The summed E-state index contributed by atoms with van der Waals surface area (Å²) in [5, 5.41) is 0. The van der Waals surface area contributed by atoms with E-state index in [-0.39, 0.29) is 0 Å². The Kier molecular flexibility index (Phi) is 6.44. The molecule has 10 heavy (non-hydrogen) atoms. The molecule has 0 aromatic carbocycles. The number of rotatable bonds is 5. The smallest absolute Gasteiger partial charge is 0.0251 e. The summed E-state index contributed by atoms with van der Waals surface area (Å²) in [5.41, 5.74) is 0. The Morgan fingerprint density at radius 3 is 2.50 bits per heavy atom. The van der Waals surface area contributed by atoms with E-state index in [0.29, 0.717) is 11.8 Å². The average molecular weight is 183 g/mol. The molecular weight excluding hydrogens is 168 g/mol. The van der Waals surface area contributed by atoms with E-state index < -0.39 is 10.8 Å². The molecular formula is C7H15ClOS. The third-order valence-corrected chi connectivity index (χ3v) is 2.86. The molecule has 0 radical (unpaired) electrons. The van der Waals surface area contributed by atoms with Crippen LogP contribution in [0.1, 0.15) is 19.8 Å². The van der Waals surface area contributed by atoms with E-state index in [1.54, 1.807) is 6.26 Å². The molecule has 0 aromatic heterocycles. The molecule has 1 nitrogen and oxygen atoms in total. The fraction of sp³-hybridized carbons (Fsp3) is 1.00. The first-order valence-electron chi connectivity index (χ1n) is 3.56. The van der Waals surface area contributed by atoms with Gasteiger partial charge in [-0.2, -0.15) is 0 Å². The zero-order chi connectivity index (χ0) is 7.98. The highest BCUT2D eigenvalue weighted by Crippen LogP contribution is 2.09. The maximum absolute atomic E-state index is 10.6. The molecule has 3 heteroatoms. The van der Waals surface area contributed by atoms with Crippen LogP contribution in [0, 0.1) is 5.92 Å². The zero-order valence-electron chi connectivity index (χ0n) is 6.60. The Morgan fingerprint density at radius 2 is 2.20 bits per heavy atom. The van der Waals surface area contributed by atoms with Crippen molar-refractivity contribution in [3.63, 3.8) is 0 Å². The molecule has 0 rings (SSSR count). The monoisotopic (exact) mass is 182 g/mol. The molecule has 0 bridgehead atoms. The van der Waals surface area contributed by atoms with Gasteiger partial charge in [-0.25, -0.2) is 0 Å². The van der Waals surface area contributed by atoms with Crippen molar-refractivity contribution < 1.29 is 4.21 Å². The molecule has 0 aliphatic heterocycles. The van der Waals surface area contributed by atoms with E-state index in [9.17, 15) is 4.21 Å². The fourth-order valence-corrected chi connectivity index (χ4v) is 1.76. The van der Waals surface area contributed by atoms with Gasteiger partial charge in [0.05, 0.1) is 0 Å². The number of hydrogen-bond donors (Lipinski definition) is 0. The largest absolute Gasteiger partial charge is 0.260 e. The Bertz CT molecular complexity index is 102. The topological polar surface area (TPSA) is 17.1 Å². The van der Waals surface area contributed by atoms with Crippen molar-refractivity contribution in [1.29, 1.82) is 0 Å². The summed E-state index contributed by atoms with van der Waals surface area (Å²) in [5.74, 6) is 2.06. The second-order valence-corrected chi connectivity index (χ2v) is 4.36. The van der Waals surface area contributed by atoms with Gasteiger partial charge >= 0.3 is 0 Å². The van der Waals surface area contributed by atoms with Gasteiger partial charge in [-0.3, -0.25) is 4.21 Å². The van der Waals surface area contributed by atoms with Crippen molar-refractivity contribution in [1.82, 2.24) is 0 Å². The van der Waals surface area contributed by atoms with Gasteiger partial charge in [0.1, 0.15) is 0 Å². The summed E-state index contributed by atoms with van der Waals surface area (Å²) in [7, 11) is -0.648. The second-order valence-electron chi connectivity index (χ2n) is 2.49. The normalized spacial score (nSPS) is 16.7. The van der Waals surface area contributed by atoms with E-state index in [4.69, 9.17) is 11.6 Å². The highest BCUT2D eigenvalue weighted by atomic mass is 35.5. The van der Waals surface area contributed by atoms with Crippen LogP contribution in [0.5, 0.6) is 0 Å². The Balaban J connectivity index is 3.34. The molecule has 0 N–H and O–H groups in total. The van der Waals surface area contributed by atoms with Crippen LogP contribution in [0.2, 0.25) is 0 Å². The maximum atomic E-state index is 10.6. The van der Waals surface area contributed by atoms with Gasteiger partial charge < -0.3 is 0 Å². The molecule has 0 aliphatic rings. The molecule has 2 unspecified atom stereocenters. The van der Waals surface area contributed by atoms with E-state index in [0.717, 1.165) is 18.6 Å². The Labute approximate surface area is 70.6 Å². The third-order valence-electron chi connectivity index (χ3n) is 1.61. The average Bonchev–Trinajstić information content (AvgIpc) is 1.90. The summed E-state index contributed by atoms with van der Waals surface area (Å²) in [4.78, 5) is 0. The summed E-state index contributed by atoms with van der Waals surface area (Å²) in [6, 6.07) is 0. The maximum Gasteiger partial charge on any atom is 0.0251 e. The van der Waals surface area contributed by atoms with E-state index in [1.165, 1.54) is 0 Å². The molecule has 0 fully saturated rings. The summed E-state index contributed by atoms with van der Waals surface area (Å²) in [6.45, 7) is 2.12. The molecule has 0 heterocycles. The van der Waals surface area contributed by atoms with Crippen LogP contribution in [-0.2, 0) is 10.8 Å². The lowest BCUT2D eigenvalue weighted by Crippen LogP contribution is -2.05. The number of hydrogen-bond acceptors (Lipinski definition) is 1. The Morgan fingerprint density at radius 1 is 1.60 bits per heavy atom. The third kappa shape index (κ3) is 5.24. The summed E-state index contributed by atoms with van der Waals surface area (Å²) in [6.07, 6.45) is 3.84. The van der Waals surface area contributed by atoms with Crippen LogP contribution in [0.3, 0.4) is 0 Å². The van der Waals surface area contributed by atoms with Crippen molar-refractivity contribution in [2.75, 3.05) is 17.9 Å². The molecule has 2 atom stereocenters. The fourth-order valence-electron chi connectivity index (χ4n) is 0.723. The lowest BCUT2D eigenvalue weighted by molar-refractivity contribution is 0.551. The van der Waals surface area contributed by atoms with E-state index in [1.807, 2.05) is 0 Å². The lowest BCUT2D eigenvalue weighted by atomic mass is 10.1. The molecule has 0 aromatic rings. The van der Waals surface area contributed by atoms with Gasteiger partial charge in [-0.15, -0.1) is 11.6 Å². The van der Waals surface area contributed by atoms with Crippen molar-refractivity contribution in [3.8, 4) is 0 Å². The van der Waals surface area contributed by atoms with Gasteiger partial charge in [-0.05, 0) is 12.3 Å². The first kappa shape index (κ1) is 10.4. The molecule has 0 saturated carbocycles. The van der Waals surface area contributed by atoms with Crippen molar-refractivity contribution in [3.05, 3.63) is 0 Å². The Hall–Kier alpha value is 0.440. The summed E-state index contributed by atoms with van der Waals surface area (Å²) < 4.78 is 10.6. The van der Waals surface area contributed by atoms with Crippen LogP contribution in [-0.4, -0.2) is 22.1 Å². The van der Waals surface area contributed by atoms with Crippen LogP contribution in [0.15, 0.2) is 0 Å². The van der Waals surface area contributed by atoms with Crippen LogP contribution < -0.4 is 0 Å². The van der Waals surface area contributed by atoms with Gasteiger partial charge in [0.2, 0.25) is 0 Å². The first-order valence-corrected chi connectivity index (χ1v) is 5.82. The molecule has 0 aliphatic carbocycles. The predicted octanol–water partition coefficient (Wildman–Crippen LogP) is 2.02. The number of alkyl halides is 1. The number of halogens is 1. The van der Waals surface area contributed by atoms with Crippen LogP contribution in [0.4, 0.5) is 0 Å². The molecule has 0 spiro atoms. The van der Waals surface area contributed by atoms with Gasteiger partial charge in [-0.1, -0.05) is 13.3 Å². The summed E-state index contributed by atoms with van der Waals surface area (Å²) >= 11 is 5.65.